The van der Waals surface area contributed by atoms with Crippen molar-refractivity contribution >= 4 is 22.9 Å². The summed E-state index contributed by atoms with van der Waals surface area (Å²) in [6, 6.07) is 9.84. The van der Waals surface area contributed by atoms with E-state index in [0.29, 0.717) is 25.5 Å². The van der Waals surface area contributed by atoms with Crippen LogP contribution in [0.25, 0.3) is 0 Å². The number of rotatable bonds is 5. The average molecular weight is 395 g/mol. The molecule has 3 aromatic rings. The predicted molar refractivity (Wildman–Crippen MR) is 107 cm³/mol. The largest absolute Gasteiger partial charge is 0.486 e. The maximum absolute atomic E-state index is 13.4. The van der Waals surface area contributed by atoms with Crippen LogP contribution in [0.4, 0.5) is 5.69 Å². The van der Waals surface area contributed by atoms with Gasteiger partial charge in [0.2, 0.25) is 5.91 Å². The molecule has 1 amide bonds. The summed E-state index contributed by atoms with van der Waals surface area (Å²) in [6.45, 7) is 1.65. The minimum atomic E-state index is -0.00244. The summed E-state index contributed by atoms with van der Waals surface area (Å²) in [4.78, 5) is 16.5. The van der Waals surface area contributed by atoms with Gasteiger partial charge in [0.25, 0.3) is 0 Å². The molecule has 144 valence electrons. The number of aryl methyl sites for hydroxylation is 1. The van der Waals surface area contributed by atoms with E-state index in [2.05, 4.69) is 11.2 Å². The smallest absolute Gasteiger partial charge is 0.231 e. The molecular formula is C21H21N3O3S. The van der Waals surface area contributed by atoms with E-state index in [1.54, 1.807) is 16.0 Å². The molecule has 0 N–H and O–H groups in total. The summed E-state index contributed by atoms with van der Waals surface area (Å²) in [7, 11) is 1.90. The van der Waals surface area contributed by atoms with Gasteiger partial charge in [-0.25, -0.2) is 0 Å². The third kappa shape index (κ3) is 3.26. The molecule has 1 aromatic carbocycles. The minimum Gasteiger partial charge on any atom is -0.486 e. The van der Waals surface area contributed by atoms with Crippen molar-refractivity contribution in [2.24, 2.45) is 13.0 Å². The number of fused-ring (bicyclic) bond motifs is 1. The number of carbonyl (C=O) groups is 1. The summed E-state index contributed by atoms with van der Waals surface area (Å²) >= 11 is 1.66. The topological polar surface area (TPSA) is 56.6 Å². The maximum Gasteiger partial charge on any atom is 0.231 e. The number of amides is 1. The fraction of sp³-hybridized carbons (Fsp3) is 0.333. The van der Waals surface area contributed by atoms with Crippen molar-refractivity contribution in [2.45, 2.75) is 18.9 Å². The second-order valence-electron chi connectivity index (χ2n) is 7.23. The number of anilines is 1. The Kier molecular flexibility index (Phi) is 4.31. The number of benzene rings is 1. The molecule has 0 saturated heterocycles. The zero-order valence-corrected chi connectivity index (χ0v) is 16.4. The predicted octanol–water partition coefficient (Wildman–Crippen LogP) is 3.59. The van der Waals surface area contributed by atoms with E-state index in [1.165, 1.54) is 0 Å². The third-order valence-electron chi connectivity index (χ3n) is 5.26. The second kappa shape index (κ2) is 6.98. The summed E-state index contributed by atoms with van der Waals surface area (Å²) in [5.41, 5.74) is 1.98. The Morgan fingerprint density at radius 1 is 1.29 bits per heavy atom. The normalized spacial score (nSPS) is 20.0. The molecule has 28 heavy (non-hydrogen) atoms. The highest BCUT2D eigenvalue weighted by molar-refractivity contribution is 7.09. The first kappa shape index (κ1) is 17.3. The van der Waals surface area contributed by atoms with Crippen LogP contribution in [0.5, 0.6) is 11.5 Å². The quantitative estimate of drug-likeness (QED) is 0.663. The fourth-order valence-corrected chi connectivity index (χ4v) is 4.42. The van der Waals surface area contributed by atoms with Gasteiger partial charge in [-0.15, -0.1) is 11.3 Å². The maximum atomic E-state index is 13.4. The highest BCUT2D eigenvalue weighted by Crippen LogP contribution is 2.49. The van der Waals surface area contributed by atoms with Crippen molar-refractivity contribution in [3.8, 4) is 11.5 Å². The van der Waals surface area contributed by atoms with Gasteiger partial charge in [-0.2, -0.15) is 5.10 Å². The number of thiophene rings is 1. The highest BCUT2D eigenvalue weighted by Gasteiger charge is 2.46. The molecule has 2 aromatic heterocycles. The SMILES string of the molecule is Cn1cc(C2CC2C(=O)N(Cc2cccs2)c2ccc3c(c2)OCCO3)cn1. The monoisotopic (exact) mass is 395 g/mol. The first-order valence-electron chi connectivity index (χ1n) is 9.41. The minimum absolute atomic E-state index is 0.00244. The Morgan fingerprint density at radius 3 is 2.89 bits per heavy atom. The Morgan fingerprint density at radius 2 is 2.14 bits per heavy atom. The molecule has 1 aliphatic carbocycles. The van der Waals surface area contributed by atoms with Gasteiger partial charge in [-0.1, -0.05) is 6.07 Å². The van der Waals surface area contributed by atoms with Crippen molar-refractivity contribution in [1.82, 2.24) is 9.78 Å². The number of hydrogen-bond donors (Lipinski definition) is 0. The van der Waals surface area contributed by atoms with Gasteiger partial charge in [0, 0.05) is 35.8 Å². The Bertz CT molecular complexity index is 998. The zero-order valence-electron chi connectivity index (χ0n) is 15.6. The number of aromatic nitrogens is 2. The first-order chi connectivity index (χ1) is 13.7. The van der Waals surface area contributed by atoms with Crippen molar-refractivity contribution in [1.29, 1.82) is 0 Å². The van der Waals surface area contributed by atoms with Gasteiger partial charge in [-0.05, 0) is 41.5 Å². The molecule has 1 fully saturated rings. The molecule has 0 spiro atoms. The van der Waals surface area contributed by atoms with Crippen LogP contribution in [0.3, 0.4) is 0 Å². The molecule has 1 aliphatic heterocycles. The molecule has 2 aliphatic rings. The fourth-order valence-electron chi connectivity index (χ4n) is 3.72. The van der Waals surface area contributed by atoms with Crippen LogP contribution in [0.1, 0.15) is 22.8 Å². The Labute approximate surface area is 167 Å². The Balaban J connectivity index is 1.42. The van der Waals surface area contributed by atoms with Crippen LogP contribution < -0.4 is 14.4 Å². The number of ether oxygens (including phenoxy) is 2. The van der Waals surface area contributed by atoms with Crippen LogP contribution in [0, 0.1) is 5.92 Å². The van der Waals surface area contributed by atoms with Gasteiger partial charge < -0.3 is 14.4 Å². The molecule has 2 atom stereocenters. The van der Waals surface area contributed by atoms with Crippen molar-refractivity contribution in [3.05, 3.63) is 58.5 Å². The lowest BCUT2D eigenvalue weighted by atomic mass is 10.1. The summed E-state index contributed by atoms with van der Waals surface area (Å²) < 4.78 is 13.1. The standard InChI is InChI=1S/C21H21N3O3S/c1-23-12-14(11-22-23)17-10-18(17)21(25)24(13-16-3-2-8-28-16)15-4-5-19-20(9-15)27-7-6-26-19/h2-5,8-9,11-12,17-18H,6-7,10,13H2,1H3. The Hall–Kier alpha value is -2.80. The summed E-state index contributed by atoms with van der Waals surface area (Å²) in [5.74, 6) is 1.84. The van der Waals surface area contributed by atoms with Crippen molar-refractivity contribution in [2.75, 3.05) is 18.1 Å². The van der Waals surface area contributed by atoms with Gasteiger partial charge >= 0.3 is 0 Å². The lowest BCUT2D eigenvalue weighted by Gasteiger charge is -2.25. The number of carbonyl (C=O) groups excluding carboxylic acids is 1. The van der Waals surface area contributed by atoms with Crippen LogP contribution in [-0.4, -0.2) is 28.9 Å². The van der Waals surface area contributed by atoms with E-state index in [1.807, 2.05) is 54.0 Å². The molecule has 0 radical (unpaired) electrons. The number of nitrogens with zero attached hydrogens (tertiary/aromatic N) is 3. The first-order valence-corrected chi connectivity index (χ1v) is 10.3. The van der Waals surface area contributed by atoms with Crippen molar-refractivity contribution in [3.63, 3.8) is 0 Å². The van der Waals surface area contributed by atoms with Gasteiger partial charge in [0.1, 0.15) is 13.2 Å². The lowest BCUT2D eigenvalue weighted by Crippen LogP contribution is -2.32. The van der Waals surface area contributed by atoms with Crippen LogP contribution in [0.15, 0.2) is 48.1 Å². The van der Waals surface area contributed by atoms with E-state index in [-0.39, 0.29) is 17.7 Å². The van der Waals surface area contributed by atoms with Crippen LogP contribution in [-0.2, 0) is 18.4 Å². The summed E-state index contributed by atoms with van der Waals surface area (Å²) in [5, 5.41) is 6.29. The van der Waals surface area contributed by atoms with Crippen molar-refractivity contribution < 1.29 is 14.3 Å². The summed E-state index contributed by atoms with van der Waals surface area (Å²) in [6.07, 6.45) is 4.74. The molecule has 5 rings (SSSR count). The zero-order chi connectivity index (χ0) is 19.1. The van der Waals surface area contributed by atoms with E-state index in [0.717, 1.165) is 28.3 Å². The van der Waals surface area contributed by atoms with E-state index >= 15 is 0 Å². The van der Waals surface area contributed by atoms with Gasteiger partial charge in [0.15, 0.2) is 11.5 Å². The molecule has 3 heterocycles. The molecule has 0 bridgehead atoms. The van der Waals surface area contributed by atoms with Crippen LogP contribution >= 0.6 is 11.3 Å². The highest BCUT2D eigenvalue weighted by atomic mass is 32.1. The second-order valence-corrected chi connectivity index (χ2v) is 8.26. The molecule has 7 heteroatoms. The number of hydrogen-bond acceptors (Lipinski definition) is 5. The van der Waals surface area contributed by atoms with E-state index < -0.39 is 0 Å². The average Bonchev–Trinajstić information content (AvgIpc) is 3.11. The molecular weight excluding hydrogens is 374 g/mol. The van der Waals surface area contributed by atoms with Gasteiger partial charge in [-0.3, -0.25) is 9.48 Å². The van der Waals surface area contributed by atoms with Crippen LogP contribution in [0.2, 0.25) is 0 Å². The third-order valence-corrected chi connectivity index (χ3v) is 6.12. The molecule has 2 unspecified atom stereocenters. The van der Waals surface area contributed by atoms with Gasteiger partial charge in [0.05, 0.1) is 12.7 Å². The molecule has 1 saturated carbocycles. The van der Waals surface area contributed by atoms with E-state index in [4.69, 9.17) is 9.47 Å². The lowest BCUT2D eigenvalue weighted by molar-refractivity contribution is -0.120. The molecule has 6 nitrogen and oxygen atoms in total. The van der Waals surface area contributed by atoms with E-state index in [9.17, 15) is 4.79 Å².